The standard InChI is InChI=1S/C15H30O5S/c1-11(2)17-9-15(6,10-18-12(3)4)8-14(20-21-7)19-13(5)16/h11-12,14H,8-10H2,1-7H3. The van der Waals surface area contributed by atoms with Gasteiger partial charge >= 0.3 is 5.97 Å². The third kappa shape index (κ3) is 11.0. The highest BCUT2D eigenvalue weighted by Crippen LogP contribution is 2.28. The number of hydrogen-bond donors (Lipinski definition) is 0. The van der Waals surface area contributed by atoms with Crippen molar-refractivity contribution in [3.8, 4) is 0 Å². The number of ether oxygens (including phenoxy) is 3. The van der Waals surface area contributed by atoms with E-state index in [2.05, 4.69) is 6.92 Å². The minimum Gasteiger partial charge on any atom is -0.435 e. The first-order valence-corrected chi connectivity index (χ1v) is 8.43. The van der Waals surface area contributed by atoms with E-state index in [1.807, 2.05) is 27.7 Å². The van der Waals surface area contributed by atoms with Gasteiger partial charge in [-0.25, -0.2) is 0 Å². The first kappa shape index (κ1) is 20.7. The number of hydrogen-bond acceptors (Lipinski definition) is 6. The van der Waals surface area contributed by atoms with Crippen LogP contribution in [0.5, 0.6) is 0 Å². The van der Waals surface area contributed by atoms with Crippen LogP contribution in [0.15, 0.2) is 0 Å². The van der Waals surface area contributed by atoms with Crippen molar-refractivity contribution in [3.05, 3.63) is 0 Å². The Morgan fingerprint density at radius 2 is 1.57 bits per heavy atom. The fraction of sp³-hybridized carbons (Fsp3) is 0.933. The summed E-state index contributed by atoms with van der Waals surface area (Å²) >= 11 is 1.18. The molecule has 1 atom stereocenters. The van der Waals surface area contributed by atoms with Crippen molar-refractivity contribution < 1.29 is 23.2 Å². The molecule has 0 amide bonds. The average molecular weight is 322 g/mol. The Bertz CT molecular complexity index is 282. The minimum absolute atomic E-state index is 0.136. The molecule has 0 saturated carbocycles. The number of rotatable bonds is 11. The van der Waals surface area contributed by atoms with Crippen molar-refractivity contribution in [2.75, 3.05) is 19.5 Å². The van der Waals surface area contributed by atoms with Gasteiger partial charge in [0, 0.05) is 25.0 Å². The molecule has 0 N–H and O–H groups in total. The molecule has 0 aliphatic rings. The second-order valence-corrected chi connectivity index (χ2v) is 6.56. The van der Waals surface area contributed by atoms with Gasteiger partial charge < -0.3 is 14.2 Å². The summed E-state index contributed by atoms with van der Waals surface area (Å²) in [5.41, 5.74) is -0.287. The SMILES string of the molecule is CSOC(CC(C)(COC(C)C)COC(C)C)OC(C)=O. The van der Waals surface area contributed by atoms with E-state index in [4.69, 9.17) is 18.4 Å². The maximum atomic E-state index is 11.2. The lowest BCUT2D eigenvalue weighted by molar-refractivity contribution is -0.167. The van der Waals surface area contributed by atoms with E-state index in [9.17, 15) is 4.79 Å². The summed E-state index contributed by atoms with van der Waals surface area (Å²) in [4.78, 5) is 11.2. The maximum absolute atomic E-state index is 11.2. The third-order valence-corrected chi connectivity index (χ3v) is 3.10. The summed E-state index contributed by atoms with van der Waals surface area (Å²) in [6.07, 6.45) is 1.98. The van der Waals surface area contributed by atoms with Crippen LogP contribution in [0.25, 0.3) is 0 Å². The normalized spacial score (nSPS) is 13.8. The Balaban J connectivity index is 4.76. The van der Waals surface area contributed by atoms with Crippen LogP contribution in [0.2, 0.25) is 0 Å². The van der Waals surface area contributed by atoms with Crippen LogP contribution in [-0.4, -0.2) is 43.9 Å². The molecule has 0 fully saturated rings. The molecule has 0 aromatic heterocycles. The quantitative estimate of drug-likeness (QED) is 0.330. The van der Waals surface area contributed by atoms with Gasteiger partial charge in [-0.1, -0.05) is 6.92 Å². The van der Waals surface area contributed by atoms with Gasteiger partial charge in [0.2, 0.25) is 6.29 Å². The lowest BCUT2D eigenvalue weighted by atomic mass is 9.88. The number of carbonyl (C=O) groups is 1. The molecule has 5 nitrogen and oxygen atoms in total. The van der Waals surface area contributed by atoms with E-state index >= 15 is 0 Å². The predicted molar refractivity (Wildman–Crippen MR) is 85.1 cm³/mol. The van der Waals surface area contributed by atoms with E-state index in [0.29, 0.717) is 19.6 Å². The highest BCUT2D eigenvalue weighted by molar-refractivity contribution is 7.93. The van der Waals surface area contributed by atoms with Crippen molar-refractivity contribution in [1.82, 2.24) is 0 Å². The summed E-state index contributed by atoms with van der Waals surface area (Å²) in [5, 5.41) is 0. The lowest BCUT2D eigenvalue weighted by Crippen LogP contribution is -2.36. The van der Waals surface area contributed by atoms with Crippen LogP contribution in [0.3, 0.4) is 0 Å². The van der Waals surface area contributed by atoms with Crippen LogP contribution >= 0.6 is 12.0 Å². The van der Waals surface area contributed by atoms with Crippen LogP contribution < -0.4 is 0 Å². The molecular weight excluding hydrogens is 292 g/mol. The monoisotopic (exact) mass is 322 g/mol. The average Bonchev–Trinajstić information content (AvgIpc) is 2.34. The molecule has 1 unspecified atom stereocenters. The van der Waals surface area contributed by atoms with E-state index in [1.54, 1.807) is 6.26 Å². The zero-order valence-corrected chi connectivity index (χ0v) is 15.1. The fourth-order valence-corrected chi connectivity index (χ4v) is 2.01. The van der Waals surface area contributed by atoms with E-state index in [0.717, 1.165) is 0 Å². The van der Waals surface area contributed by atoms with Gasteiger partial charge in [-0.2, -0.15) is 0 Å². The molecule has 21 heavy (non-hydrogen) atoms. The molecule has 0 bridgehead atoms. The molecule has 0 aliphatic heterocycles. The van der Waals surface area contributed by atoms with E-state index in [1.165, 1.54) is 19.0 Å². The summed E-state index contributed by atoms with van der Waals surface area (Å²) in [6.45, 7) is 12.4. The van der Waals surface area contributed by atoms with Crippen molar-refractivity contribution in [2.24, 2.45) is 5.41 Å². The molecule has 0 saturated heterocycles. The van der Waals surface area contributed by atoms with Crippen molar-refractivity contribution >= 4 is 18.0 Å². The third-order valence-electron chi connectivity index (χ3n) is 2.69. The predicted octanol–water partition coefficient (Wildman–Crippen LogP) is 3.42. The van der Waals surface area contributed by atoms with Crippen molar-refractivity contribution in [2.45, 2.75) is 66.5 Å². The zero-order chi connectivity index (χ0) is 16.5. The van der Waals surface area contributed by atoms with Crippen LogP contribution in [-0.2, 0) is 23.2 Å². The highest BCUT2D eigenvalue weighted by atomic mass is 32.2. The van der Waals surface area contributed by atoms with Gasteiger partial charge in [0.1, 0.15) is 0 Å². The molecule has 0 heterocycles. The van der Waals surface area contributed by atoms with E-state index in [-0.39, 0.29) is 23.6 Å². The molecule has 126 valence electrons. The van der Waals surface area contributed by atoms with Crippen LogP contribution in [0.1, 0.15) is 48.0 Å². The summed E-state index contributed by atoms with van der Waals surface area (Å²) in [5.74, 6) is -0.356. The summed E-state index contributed by atoms with van der Waals surface area (Å²) in [6, 6.07) is 0. The topological polar surface area (TPSA) is 54.0 Å². The smallest absolute Gasteiger partial charge is 0.304 e. The Morgan fingerprint density at radius 1 is 1.10 bits per heavy atom. The first-order chi connectivity index (χ1) is 9.68. The number of esters is 1. The Labute approximate surface area is 133 Å². The van der Waals surface area contributed by atoms with Crippen molar-refractivity contribution in [1.29, 1.82) is 0 Å². The van der Waals surface area contributed by atoms with Crippen LogP contribution in [0.4, 0.5) is 0 Å². The zero-order valence-electron chi connectivity index (χ0n) is 14.3. The van der Waals surface area contributed by atoms with Gasteiger partial charge in [0.05, 0.1) is 25.4 Å². The Hall–Kier alpha value is -0.300. The highest BCUT2D eigenvalue weighted by Gasteiger charge is 2.32. The fourth-order valence-electron chi connectivity index (χ4n) is 1.69. The summed E-state index contributed by atoms with van der Waals surface area (Å²) < 4.78 is 22.1. The molecule has 0 spiro atoms. The molecule has 0 rings (SSSR count). The maximum Gasteiger partial charge on any atom is 0.304 e. The molecule has 0 aliphatic carbocycles. The first-order valence-electron chi connectivity index (χ1n) is 7.28. The molecule has 0 radical (unpaired) electrons. The lowest BCUT2D eigenvalue weighted by Gasteiger charge is -2.33. The van der Waals surface area contributed by atoms with Crippen LogP contribution in [0, 0.1) is 5.41 Å². The Kier molecular flexibility index (Phi) is 10.3. The van der Waals surface area contributed by atoms with Gasteiger partial charge in [-0.3, -0.25) is 8.98 Å². The molecule has 6 heteroatoms. The molecule has 0 aromatic rings. The minimum atomic E-state index is -0.603. The van der Waals surface area contributed by atoms with Gasteiger partial charge in [0.15, 0.2) is 0 Å². The largest absolute Gasteiger partial charge is 0.435 e. The van der Waals surface area contributed by atoms with Crippen molar-refractivity contribution in [3.63, 3.8) is 0 Å². The Morgan fingerprint density at radius 3 is 1.90 bits per heavy atom. The van der Waals surface area contributed by atoms with Gasteiger partial charge in [0.25, 0.3) is 0 Å². The van der Waals surface area contributed by atoms with Gasteiger partial charge in [-0.15, -0.1) is 0 Å². The van der Waals surface area contributed by atoms with Gasteiger partial charge in [-0.05, 0) is 39.7 Å². The second-order valence-electron chi connectivity index (χ2n) is 6.04. The second kappa shape index (κ2) is 10.4. The number of carbonyl (C=O) groups excluding carboxylic acids is 1. The molecular formula is C15H30O5S. The van der Waals surface area contributed by atoms with E-state index < -0.39 is 6.29 Å². The molecule has 0 aromatic carbocycles. The summed E-state index contributed by atoms with van der Waals surface area (Å²) in [7, 11) is 0.